The van der Waals surface area contributed by atoms with Crippen LogP contribution in [0.5, 0.6) is 11.8 Å². The van der Waals surface area contributed by atoms with Crippen LogP contribution in [-0.4, -0.2) is 122 Å². The summed E-state index contributed by atoms with van der Waals surface area (Å²) in [5.74, 6) is 0.185. The van der Waals surface area contributed by atoms with Gasteiger partial charge in [-0.3, -0.25) is 14.8 Å². The summed E-state index contributed by atoms with van der Waals surface area (Å²) in [7, 11) is 0. The Morgan fingerprint density at radius 2 is 1.91 bits per heavy atom. The van der Waals surface area contributed by atoms with Gasteiger partial charge >= 0.3 is 12.1 Å². The van der Waals surface area contributed by atoms with Crippen molar-refractivity contribution < 1.29 is 33.3 Å². The number of piperazine rings is 1. The van der Waals surface area contributed by atoms with Gasteiger partial charge in [0, 0.05) is 63.0 Å². The van der Waals surface area contributed by atoms with Gasteiger partial charge in [-0.15, -0.1) is 0 Å². The third-order valence-electron chi connectivity index (χ3n) is 12.2. The Kier molecular flexibility index (Phi) is 9.83. The average molecular weight is 750 g/mol. The number of halogens is 2. The van der Waals surface area contributed by atoms with Gasteiger partial charge in [0.15, 0.2) is 5.82 Å². The normalized spacial score (nSPS) is 27.6. The molecule has 3 N–H and O–H groups in total. The van der Waals surface area contributed by atoms with E-state index in [1.807, 2.05) is 0 Å². The Labute approximate surface area is 315 Å². The molecule has 14 heteroatoms. The van der Waals surface area contributed by atoms with E-state index in [1.54, 1.807) is 39.1 Å². The van der Waals surface area contributed by atoms with E-state index < -0.39 is 35.3 Å². The molecule has 2 aromatic heterocycles. The molecule has 1 aromatic carbocycles. The Morgan fingerprint density at radius 3 is 2.67 bits per heavy atom. The Morgan fingerprint density at radius 1 is 1.13 bits per heavy atom. The fraction of sp³-hybridized carbons (Fsp3) is 0.650. The lowest BCUT2D eigenvalue weighted by Gasteiger charge is -2.42. The second-order valence-electron chi connectivity index (χ2n) is 17.3. The van der Waals surface area contributed by atoms with Gasteiger partial charge < -0.3 is 29.9 Å². The standard InChI is InChI=1S/C40H53F2N7O5/c1-23-7-5-8-24-13-28(50)14-30(32(23)24)34-33(42)35-31(17-43-34)36(46-37(45-35)53-22-40-11-6-12-48(40)18-25(41)15-40)47-19-26-9-10-27(20-47)49(26)21-29(51)16-44-38(52)54-39(2,3)4/h13-14,17,23,25-27,29,50-51H,5-12,15-16,18-22H2,1-4H3,(H,44,52)/t23?,25-,26?,27?,29?,40+/m1/s1. The number of hydrogen-bond donors (Lipinski definition) is 3. The van der Waals surface area contributed by atoms with E-state index in [2.05, 4.69) is 31.9 Å². The average Bonchev–Trinajstić information content (AvgIpc) is 3.70. The van der Waals surface area contributed by atoms with Crippen LogP contribution >= 0.6 is 0 Å². The number of amides is 1. The number of pyridine rings is 1. The molecule has 1 aliphatic carbocycles. The monoisotopic (exact) mass is 749 g/mol. The van der Waals surface area contributed by atoms with Crippen LogP contribution in [-0.2, 0) is 11.2 Å². The van der Waals surface area contributed by atoms with Crippen molar-refractivity contribution in [2.45, 2.75) is 120 Å². The predicted octanol–water partition coefficient (Wildman–Crippen LogP) is 5.47. The minimum absolute atomic E-state index is 0.0433. The zero-order valence-corrected chi connectivity index (χ0v) is 31.8. The number of phenolic OH excluding ortho intramolecular Hbond substituents is 1. The summed E-state index contributed by atoms with van der Waals surface area (Å²) in [6.45, 7) is 10.5. The van der Waals surface area contributed by atoms with E-state index >= 15 is 4.39 Å². The van der Waals surface area contributed by atoms with E-state index in [4.69, 9.17) is 19.4 Å². The number of ether oxygens (including phenoxy) is 2. The summed E-state index contributed by atoms with van der Waals surface area (Å²) >= 11 is 0. The van der Waals surface area contributed by atoms with Crippen LogP contribution in [0, 0.1) is 5.82 Å². The van der Waals surface area contributed by atoms with Crippen LogP contribution < -0.4 is 15.0 Å². The molecule has 0 spiro atoms. The number of alkyl carbamates (subject to hydrolysis) is 1. The Balaban J connectivity index is 1.10. The fourth-order valence-electron chi connectivity index (χ4n) is 9.87. The maximum absolute atomic E-state index is 17.1. The van der Waals surface area contributed by atoms with Crippen molar-refractivity contribution >= 4 is 22.8 Å². The number of alkyl halides is 1. The van der Waals surface area contributed by atoms with Crippen molar-refractivity contribution in [2.75, 3.05) is 50.8 Å². The van der Waals surface area contributed by atoms with Crippen molar-refractivity contribution in [3.63, 3.8) is 0 Å². The number of benzene rings is 1. The number of fused-ring (bicyclic) bond motifs is 5. The largest absolute Gasteiger partial charge is 0.508 e. The topological polar surface area (TPSA) is 136 Å². The number of aromatic nitrogens is 3. The number of rotatable bonds is 9. The number of phenols is 1. The lowest BCUT2D eigenvalue weighted by Crippen LogP contribution is -2.56. The summed E-state index contributed by atoms with van der Waals surface area (Å²) in [4.78, 5) is 33.1. The molecule has 292 valence electrons. The summed E-state index contributed by atoms with van der Waals surface area (Å²) in [5, 5.41) is 24.7. The van der Waals surface area contributed by atoms with Gasteiger partial charge in [0.05, 0.1) is 17.0 Å². The SMILES string of the molecule is CC1CCCc2cc(O)cc(-c3ncc4c(N5CC6CCC(C5)N6CC(O)CNC(=O)OC(C)(C)C)nc(OC[C@@]56CCCN5C[C@H](F)C6)nc4c3F)c21. The first-order valence-corrected chi connectivity index (χ1v) is 19.7. The zero-order valence-electron chi connectivity index (χ0n) is 31.8. The summed E-state index contributed by atoms with van der Waals surface area (Å²) in [5.41, 5.74) is 1.76. The van der Waals surface area contributed by atoms with Crippen LogP contribution in [0.3, 0.4) is 0 Å². The third kappa shape index (κ3) is 7.16. The quantitative estimate of drug-likeness (QED) is 0.257. The lowest BCUT2D eigenvalue weighted by atomic mass is 9.80. The third-order valence-corrected chi connectivity index (χ3v) is 12.2. The van der Waals surface area contributed by atoms with E-state index in [0.29, 0.717) is 49.4 Å². The molecule has 4 saturated heterocycles. The highest BCUT2D eigenvalue weighted by Gasteiger charge is 2.49. The zero-order chi connectivity index (χ0) is 37.9. The highest BCUT2D eigenvalue weighted by molar-refractivity contribution is 5.92. The molecular weight excluding hydrogens is 696 g/mol. The number of aliphatic hydroxyl groups excluding tert-OH is 1. The molecule has 5 aliphatic rings. The molecule has 3 aromatic rings. The molecule has 0 radical (unpaired) electrons. The molecule has 12 nitrogen and oxygen atoms in total. The number of nitrogens with one attached hydrogen (secondary N) is 1. The van der Waals surface area contributed by atoms with Gasteiger partial charge in [-0.25, -0.2) is 13.6 Å². The first-order valence-electron chi connectivity index (χ1n) is 19.7. The van der Waals surface area contributed by atoms with Gasteiger partial charge in [0.25, 0.3) is 0 Å². The number of carbonyl (C=O) groups is 1. The predicted molar refractivity (Wildman–Crippen MR) is 200 cm³/mol. The number of aliphatic hydroxyl groups is 1. The molecular formula is C40H53F2N7O5. The van der Waals surface area contributed by atoms with Crippen molar-refractivity contribution in [3.8, 4) is 23.0 Å². The Hall–Kier alpha value is -3.88. The van der Waals surface area contributed by atoms with E-state index in [9.17, 15) is 19.4 Å². The highest BCUT2D eigenvalue weighted by atomic mass is 19.1. The number of aryl methyl sites for hydroxylation is 1. The molecule has 4 unspecified atom stereocenters. The molecule has 6 heterocycles. The minimum Gasteiger partial charge on any atom is -0.508 e. The van der Waals surface area contributed by atoms with Crippen LogP contribution in [0.25, 0.3) is 22.2 Å². The lowest BCUT2D eigenvalue weighted by molar-refractivity contribution is 0.0433. The highest BCUT2D eigenvalue weighted by Crippen LogP contribution is 2.44. The first kappa shape index (κ1) is 37.1. The molecule has 8 rings (SSSR count). The van der Waals surface area contributed by atoms with Gasteiger partial charge in [-0.1, -0.05) is 6.92 Å². The molecule has 2 bridgehead atoms. The summed E-state index contributed by atoms with van der Waals surface area (Å²) in [6.07, 6.45) is 6.16. The van der Waals surface area contributed by atoms with Crippen molar-refractivity contribution in [2.24, 2.45) is 0 Å². The van der Waals surface area contributed by atoms with E-state index in [0.717, 1.165) is 62.6 Å². The number of carbonyl (C=O) groups excluding carboxylic acids is 1. The molecule has 4 fully saturated rings. The van der Waals surface area contributed by atoms with Gasteiger partial charge in [0.2, 0.25) is 0 Å². The van der Waals surface area contributed by atoms with E-state index in [-0.39, 0.29) is 54.1 Å². The number of nitrogens with zero attached hydrogens (tertiary/aromatic N) is 6. The summed E-state index contributed by atoms with van der Waals surface area (Å²) < 4.78 is 43.4. The van der Waals surface area contributed by atoms with Crippen LogP contribution in [0.1, 0.15) is 89.7 Å². The first-order chi connectivity index (χ1) is 25.8. The smallest absolute Gasteiger partial charge is 0.407 e. The Bertz CT molecular complexity index is 1900. The summed E-state index contributed by atoms with van der Waals surface area (Å²) in [6, 6.07) is 3.62. The van der Waals surface area contributed by atoms with Crippen molar-refractivity contribution in [1.82, 2.24) is 30.1 Å². The van der Waals surface area contributed by atoms with Gasteiger partial charge in [-0.2, -0.15) is 9.97 Å². The fourth-order valence-corrected chi connectivity index (χ4v) is 9.87. The van der Waals surface area contributed by atoms with Crippen LogP contribution in [0.2, 0.25) is 0 Å². The molecule has 6 atom stereocenters. The number of anilines is 1. The number of aromatic hydroxyl groups is 1. The molecule has 1 amide bonds. The maximum Gasteiger partial charge on any atom is 0.407 e. The van der Waals surface area contributed by atoms with Crippen molar-refractivity contribution in [3.05, 3.63) is 35.3 Å². The van der Waals surface area contributed by atoms with E-state index in [1.165, 1.54) is 0 Å². The maximum atomic E-state index is 17.1. The van der Waals surface area contributed by atoms with Crippen molar-refractivity contribution in [1.29, 1.82) is 0 Å². The van der Waals surface area contributed by atoms with Gasteiger partial charge in [-0.05, 0) is 101 Å². The molecule has 4 aliphatic heterocycles. The minimum atomic E-state index is -0.915. The van der Waals surface area contributed by atoms with Crippen LogP contribution in [0.15, 0.2) is 18.3 Å². The second-order valence-corrected chi connectivity index (χ2v) is 17.3. The second kappa shape index (κ2) is 14.3. The van der Waals surface area contributed by atoms with Gasteiger partial charge in [0.1, 0.15) is 41.2 Å². The van der Waals surface area contributed by atoms with Crippen LogP contribution in [0.4, 0.5) is 19.4 Å². The number of hydrogen-bond acceptors (Lipinski definition) is 11. The molecule has 0 saturated carbocycles. The molecule has 54 heavy (non-hydrogen) atoms.